The van der Waals surface area contributed by atoms with Gasteiger partial charge in [0.15, 0.2) is 12.1 Å². The van der Waals surface area contributed by atoms with Crippen molar-refractivity contribution in [1.82, 2.24) is 40.0 Å². The van der Waals surface area contributed by atoms with Gasteiger partial charge in [-0.2, -0.15) is 10.1 Å². The number of aryl methyl sites for hydroxylation is 2. The van der Waals surface area contributed by atoms with Gasteiger partial charge in [0, 0.05) is 64.8 Å². The van der Waals surface area contributed by atoms with E-state index in [1.165, 1.54) is 6.33 Å². The van der Waals surface area contributed by atoms with E-state index >= 15 is 4.39 Å². The van der Waals surface area contributed by atoms with Crippen molar-refractivity contribution in [3.8, 4) is 17.2 Å². The molecular weight excluding hydrogens is 652 g/mol. The second kappa shape index (κ2) is 11.2. The summed E-state index contributed by atoms with van der Waals surface area (Å²) in [5, 5.41) is 27.9. The fourth-order valence-electron chi connectivity index (χ4n) is 8.51. The maximum absolute atomic E-state index is 17.1. The molecule has 5 unspecified atom stereocenters. The van der Waals surface area contributed by atoms with Crippen LogP contribution in [0, 0.1) is 35.9 Å². The number of tetrazole rings is 1. The van der Waals surface area contributed by atoms with E-state index < -0.39 is 5.82 Å². The summed E-state index contributed by atoms with van der Waals surface area (Å²) in [6.07, 6.45) is 5.51. The minimum Gasteiger partial charge on any atom is -0.337 e. The Morgan fingerprint density at radius 2 is 2.04 bits per heavy atom. The lowest BCUT2D eigenvalue weighted by Crippen LogP contribution is -2.41. The molecule has 2 aromatic carbocycles. The van der Waals surface area contributed by atoms with E-state index in [1.54, 1.807) is 23.0 Å². The first-order valence-electron chi connectivity index (χ1n) is 16.6. The summed E-state index contributed by atoms with van der Waals surface area (Å²) in [6.45, 7) is 3.33. The summed E-state index contributed by atoms with van der Waals surface area (Å²) in [7, 11) is 0. The van der Waals surface area contributed by atoms with Gasteiger partial charge in [0.05, 0.1) is 39.8 Å². The number of benzene rings is 2. The standard InChI is InChI=1S/C35H32Cl2FN9O/c1-17-23-13-28(27-12-21(47-42-16-41-44-47)15-45(27)35(48)18-7-8-18)46(33-20-11-26(33)40-14-20)34(23)24-10-19(4-3-9-39)29(31(38)32(24)43-17)22-5-2-6-25(36)30(22)37/h2,5-6,10,13,16,18,20-21,26-27,33,40H,3-4,7-8,11-12,14-15H2,1H3. The van der Waals surface area contributed by atoms with E-state index in [0.717, 1.165) is 42.4 Å². The zero-order valence-corrected chi connectivity index (χ0v) is 27.7. The van der Waals surface area contributed by atoms with Crippen molar-refractivity contribution in [1.29, 1.82) is 5.26 Å². The van der Waals surface area contributed by atoms with E-state index in [-0.39, 0.29) is 53.0 Å². The first-order chi connectivity index (χ1) is 23.3. The highest BCUT2D eigenvalue weighted by molar-refractivity contribution is 6.43. The minimum atomic E-state index is -0.484. The molecule has 2 aliphatic carbocycles. The SMILES string of the molecule is Cc1nc2c(F)c(-c3cccc(Cl)c3Cl)c(CCC#N)cc2c2c1cc(C1CC(n3ncnn3)CN1C(=O)C1CC1)n2C1C2CNC1C2. The summed E-state index contributed by atoms with van der Waals surface area (Å²) in [5.74, 6) is 0.151. The van der Waals surface area contributed by atoms with Gasteiger partial charge in [-0.3, -0.25) is 4.79 Å². The predicted molar refractivity (Wildman–Crippen MR) is 179 cm³/mol. The number of pyridine rings is 1. The molecule has 5 aliphatic rings. The number of nitrogens with one attached hydrogen (secondary N) is 1. The smallest absolute Gasteiger partial charge is 0.226 e. The zero-order valence-electron chi connectivity index (χ0n) is 26.2. The molecule has 0 spiro atoms. The Hall–Kier alpha value is -4.11. The first-order valence-corrected chi connectivity index (χ1v) is 17.3. The molecule has 244 valence electrons. The number of rotatable bonds is 7. The summed E-state index contributed by atoms with van der Waals surface area (Å²) in [6, 6.07) is 11.7. The van der Waals surface area contributed by atoms with E-state index in [2.05, 4.69) is 37.4 Å². The van der Waals surface area contributed by atoms with Gasteiger partial charge in [-0.25, -0.2) is 9.37 Å². The Morgan fingerprint density at radius 3 is 2.75 bits per heavy atom. The third kappa shape index (κ3) is 4.49. The summed E-state index contributed by atoms with van der Waals surface area (Å²) in [5.41, 5.74) is 4.36. The Morgan fingerprint density at radius 1 is 1.19 bits per heavy atom. The minimum absolute atomic E-state index is 0.0482. The number of nitriles is 1. The molecule has 1 amide bonds. The van der Waals surface area contributed by atoms with E-state index in [9.17, 15) is 10.1 Å². The number of fused-ring (bicyclic) bond motifs is 4. The van der Waals surface area contributed by atoms with Crippen LogP contribution in [0.4, 0.5) is 4.39 Å². The molecule has 2 saturated carbocycles. The molecule has 10 nitrogen and oxygen atoms in total. The largest absolute Gasteiger partial charge is 0.337 e. The number of hydrogen-bond donors (Lipinski definition) is 1. The number of hydrogen-bond acceptors (Lipinski definition) is 7. The van der Waals surface area contributed by atoms with Crippen LogP contribution in [0.15, 0.2) is 36.7 Å². The Balaban J connectivity index is 1.30. The van der Waals surface area contributed by atoms with Crippen LogP contribution in [0.25, 0.3) is 32.9 Å². The van der Waals surface area contributed by atoms with Crippen molar-refractivity contribution in [2.45, 2.75) is 69.6 Å². The van der Waals surface area contributed by atoms with Gasteiger partial charge in [-0.1, -0.05) is 35.3 Å². The van der Waals surface area contributed by atoms with Gasteiger partial charge in [0.1, 0.15) is 5.52 Å². The van der Waals surface area contributed by atoms with E-state index in [4.69, 9.17) is 28.2 Å². The second-order valence-electron chi connectivity index (χ2n) is 13.7. The Labute approximate surface area is 285 Å². The van der Waals surface area contributed by atoms with E-state index in [1.807, 2.05) is 17.9 Å². The van der Waals surface area contributed by atoms with Crippen molar-refractivity contribution < 1.29 is 9.18 Å². The Kier molecular flexibility index (Phi) is 7.01. The lowest BCUT2D eigenvalue weighted by Gasteiger charge is -2.39. The highest BCUT2D eigenvalue weighted by Gasteiger charge is 2.51. The molecule has 3 saturated heterocycles. The molecular formula is C35H32Cl2FN9O. The molecule has 5 fully saturated rings. The van der Waals surface area contributed by atoms with Gasteiger partial charge in [0.2, 0.25) is 5.91 Å². The average Bonchev–Trinajstić information content (AvgIpc) is 3.61. The number of carbonyl (C=O) groups excluding carboxylic acids is 1. The summed E-state index contributed by atoms with van der Waals surface area (Å²) in [4.78, 5) is 22.4. The Bertz CT molecular complexity index is 2160. The van der Waals surface area contributed by atoms with Crippen LogP contribution in [-0.4, -0.2) is 59.7 Å². The fraction of sp³-hybridized carbons (Fsp3) is 0.429. The van der Waals surface area contributed by atoms with Crippen LogP contribution >= 0.6 is 23.2 Å². The molecule has 48 heavy (non-hydrogen) atoms. The van der Waals surface area contributed by atoms with Crippen molar-refractivity contribution in [3.05, 3.63) is 69.5 Å². The van der Waals surface area contributed by atoms with Gasteiger partial charge in [-0.15, -0.1) is 10.2 Å². The zero-order chi connectivity index (χ0) is 32.8. The van der Waals surface area contributed by atoms with Crippen LogP contribution in [0.1, 0.15) is 67.2 Å². The normalized spacial score (nSPS) is 24.8. The van der Waals surface area contributed by atoms with Crippen LogP contribution in [-0.2, 0) is 11.2 Å². The average molecular weight is 685 g/mol. The lowest BCUT2D eigenvalue weighted by molar-refractivity contribution is -0.133. The quantitative estimate of drug-likeness (QED) is 0.208. The van der Waals surface area contributed by atoms with Gasteiger partial charge >= 0.3 is 0 Å². The molecule has 5 atom stereocenters. The van der Waals surface area contributed by atoms with Crippen molar-refractivity contribution in [2.24, 2.45) is 11.8 Å². The fourth-order valence-corrected chi connectivity index (χ4v) is 8.91. The number of likely N-dealkylation sites (tertiary alicyclic amines) is 1. The number of carbonyl (C=O) groups is 1. The molecule has 1 N–H and O–H groups in total. The second-order valence-corrected chi connectivity index (χ2v) is 14.5. The van der Waals surface area contributed by atoms with Crippen LogP contribution in [0.5, 0.6) is 0 Å². The molecule has 5 aromatic rings. The number of aromatic nitrogens is 6. The number of halogens is 3. The highest BCUT2D eigenvalue weighted by atomic mass is 35.5. The third-order valence-corrected chi connectivity index (χ3v) is 11.8. The lowest BCUT2D eigenvalue weighted by atomic mass is 9.79. The maximum atomic E-state index is 17.1. The summed E-state index contributed by atoms with van der Waals surface area (Å²) < 4.78 is 19.5. The molecule has 10 rings (SSSR count). The predicted octanol–water partition coefficient (Wildman–Crippen LogP) is 6.51. The van der Waals surface area contributed by atoms with Gasteiger partial charge < -0.3 is 14.8 Å². The molecule has 3 aliphatic heterocycles. The molecule has 3 aromatic heterocycles. The number of amides is 1. The van der Waals surface area contributed by atoms with Crippen LogP contribution < -0.4 is 5.32 Å². The topological polar surface area (TPSA) is 118 Å². The molecule has 0 radical (unpaired) electrons. The number of nitrogens with zero attached hydrogens (tertiary/aromatic N) is 8. The maximum Gasteiger partial charge on any atom is 0.226 e. The van der Waals surface area contributed by atoms with Crippen molar-refractivity contribution in [2.75, 3.05) is 13.1 Å². The van der Waals surface area contributed by atoms with Gasteiger partial charge in [0.25, 0.3) is 0 Å². The van der Waals surface area contributed by atoms with E-state index in [0.29, 0.717) is 58.1 Å². The molecule has 6 heterocycles. The van der Waals surface area contributed by atoms with Crippen molar-refractivity contribution >= 4 is 50.9 Å². The highest BCUT2D eigenvalue weighted by Crippen LogP contribution is 2.52. The van der Waals surface area contributed by atoms with Crippen LogP contribution in [0.3, 0.4) is 0 Å². The van der Waals surface area contributed by atoms with Crippen molar-refractivity contribution in [3.63, 3.8) is 0 Å². The molecule has 13 heteroatoms. The first kappa shape index (κ1) is 30.0. The monoisotopic (exact) mass is 683 g/mol. The van der Waals surface area contributed by atoms with Crippen LogP contribution in [0.2, 0.25) is 10.0 Å². The third-order valence-electron chi connectivity index (χ3n) is 11.0. The van der Waals surface area contributed by atoms with Gasteiger partial charge in [-0.05, 0) is 73.9 Å². The molecule has 2 bridgehead atoms. The summed E-state index contributed by atoms with van der Waals surface area (Å²) >= 11 is 13.1.